The van der Waals surface area contributed by atoms with E-state index in [0.717, 1.165) is 53.6 Å². The van der Waals surface area contributed by atoms with Gasteiger partial charge in [-0.25, -0.2) is 4.79 Å². The van der Waals surface area contributed by atoms with E-state index in [9.17, 15) is 4.79 Å². The van der Waals surface area contributed by atoms with E-state index in [0.29, 0.717) is 0 Å². The Morgan fingerprint density at radius 1 is 1.35 bits per heavy atom. The van der Waals surface area contributed by atoms with E-state index < -0.39 is 5.54 Å². The van der Waals surface area contributed by atoms with Crippen LogP contribution in [0, 0.1) is 6.92 Å². The monoisotopic (exact) mass is 270 g/mol. The molecule has 3 rings (SSSR count). The third-order valence-corrected chi connectivity index (χ3v) is 4.28. The average molecular weight is 270 g/mol. The number of aliphatic imine (C=N–C) groups is 1. The number of aromatic amines is 1. The molecule has 4 nitrogen and oxygen atoms in total. The van der Waals surface area contributed by atoms with Gasteiger partial charge in [0.05, 0.1) is 7.11 Å². The summed E-state index contributed by atoms with van der Waals surface area (Å²) in [5, 5.41) is 1.05. The molecule has 1 aliphatic carbocycles. The molecular formula is C16H18N2O2. The zero-order valence-electron chi connectivity index (χ0n) is 11.8. The van der Waals surface area contributed by atoms with Gasteiger partial charge in [-0.3, -0.25) is 0 Å². The first-order chi connectivity index (χ1) is 9.70. The number of ether oxygens (including phenoxy) is 1. The third-order valence-electron chi connectivity index (χ3n) is 4.28. The summed E-state index contributed by atoms with van der Waals surface area (Å²) in [7, 11) is 1.67. The van der Waals surface area contributed by atoms with Crippen molar-refractivity contribution in [1.82, 2.24) is 4.98 Å². The van der Waals surface area contributed by atoms with Crippen molar-refractivity contribution in [1.29, 1.82) is 0 Å². The van der Waals surface area contributed by atoms with Crippen molar-refractivity contribution in [3.05, 3.63) is 29.5 Å². The highest BCUT2D eigenvalue weighted by molar-refractivity contribution is 5.88. The molecule has 1 saturated carbocycles. The van der Waals surface area contributed by atoms with Crippen LogP contribution in [0.3, 0.4) is 0 Å². The van der Waals surface area contributed by atoms with Gasteiger partial charge < -0.3 is 9.72 Å². The molecule has 1 heterocycles. The molecule has 0 radical (unpaired) electrons. The van der Waals surface area contributed by atoms with Crippen LogP contribution in [0.25, 0.3) is 10.9 Å². The number of isocyanates is 1. The molecule has 0 bridgehead atoms. The fourth-order valence-electron chi connectivity index (χ4n) is 3.39. The zero-order valence-corrected chi connectivity index (χ0v) is 11.8. The molecule has 4 heteroatoms. The van der Waals surface area contributed by atoms with Gasteiger partial charge in [0.15, 0.2) is 0 Å². The van der Waals surface area contributed by atoms with Gasteiger partial charge in [-0.2, -0.15) is 4.99 Å². The predicted molar refractivity (Wildman–Crippen MR) is 77.9 cm³/mol. The van der Waals surface area contributed by atoms with Crippen molar-refractivity contribution in [3.63, 3.8) is 0 Å². The Morgan fingerprint density at radius 3 is 2.75 bits per heavy atom. The third kappa shape index (κ3) is 1.84. The van der Waals surface area contributed by atoms with Gasteiger partial charge in [0, 0.05) is 22.2 Å². The molecule has 2 aromatic rings. The molecule has 1 fully saturated rings. The fraction of sp³-hybridized carbons (Fsp3) is 0.438. The van der Waals surface area contributed by atoms with Crippen LogP contribution in [0.2, 0.25) is 0 Å². The molecule has 0 amide bonds. The van der Waals surface area contributed by atoms with E-state index in [-0.39, 0.29) is 0 Å². The Kier molecular flexibility index (Phi) is 3.11. The average Bonchev–Trinajstić information content (AvgIpc) is 3.04. The SMILES string of the molecule is COc1c(C2(N=C=O)CCCC2)ccc2[nH]c(C)cc12. The number of H-pyrrole nitrogens is 1. The summed E-state index contributed by atoms with van der Waals surface area (Å²) in [6.45, 7) is 2.02. The second-order valence-electron chi connectivity index (χ2n) is 5.50. The van der Waals surface area contributed by atoms with Gasteiger partial charge in [-0.15, -0.1) is 0 Å². The van der Waals surface area contributed by atoms with Crippen LogP contribution >= 0.6 is 0 Å². The highest BCUT2D eigenvalue weighted by atomic mass is 16.5. The first-order valence-electron chi connectivity index (χ1n) is 6.96. The zero-order chi connectivity index (χ0) is 14.2. The van der Waals surface area contributed by atoms with E-state index >= 15 is 0 Å². The van der Waals surface area contributed by atoms with Gasteiger partial charge in [-0.05, 0) is 31.9 Å². The maximum Gasteiger partial charge on any atom is 0.235 e. The van der Waals surface area contributed by atoms with Gasteiger partial charge in [0.25, 0.3) is 0 Å². The molecular weight excluding hydrogens is 252 g/mol. The number of aryl methyl sites for hydroxylation is 1. The maximum absolute atomic E-state index is 10.9. The number of benzene rings is 1. The minimum Gasteiger partial charge on any atom is -0.496 e. The minimum atomic E-state index is -0.452. The van der Waals surface area contributed by atoms with Gasteiger partial charge in [0.1, 0.15) is 11.3 Å². The molecule has 1 aromatic carbocycles. The normalized spacial score (nSPS) is 17.1. The number of aromatic nitrogens is 1. The van der Waals surface area contributed by atoms with Crippen LogP contribution < -0.4 is 4.74 Å². The summed E-state index contributed by atoms with van der Waals surface area (Å²) in [5.74, 6) is 0.827. The molecule has 0 atom stereocenters. The lowest BCUT2D eigenvalue weighted by atomic mass is 9.87. The lowest BCUT2D eigenvalue weighted by Gasteiger charge is -2.25. The van der Waals surface area contributed by atoms with E-state index in [4.69, 9.17) is 4.74 Å². The van der Waals surface area contributed by atoms with Crippen molar-refractivity contribution >= 4 is 17.0 Å². The van der Waals surface area contributed by atoms with Crippen LogP contribution in [0.5, 0.6) is 5.75 Å². The molecule has 0 aliphatic heterocycles. The second kappa shape index (κ2) is 4.80. The molecule has 0 spiro atoms. The summed E-state index contributed by atoms with van der Waals surface area (Å²) in [6.07, 6.45) is 5.69. The fourth-order valence-corrected chi connectivity index (χ4v) is 3.39. The van der Waals surface area contributed by atoms with E-state index in [1.165, 1.54) is 0 Å². The Morgan fingerprint density at radius 2 is 2.10 bits per heavy atom. The summed E-state index contributed by atoms with van der Waals surface area (Å²) < 4.78 is 5.65. The lowest BCUT2D eigenvalue weighted by Crippen LogP contribution is -2.20. The van der Waals surface area contributed by atoms with Crippen LogP contribution in [0.15, 0.2) is 23.2 Å². The first kappa shape index (κ1) is 12.9. The largest absolute Gasteiger partial charge is 0.496 e. The highest BCUT2D eigenvalue weighted by Gasteiger charge is 2.38. The van der Waals surface area contributed by atoms with Crippen molar-refractivity contribution in [3.8, 4) is 5.75 Å². The van der Waals surface area contributed by atoms with Crippen LogP contribution in [0.4, 0.5) is 0 Å². The molecule has 104 valence electrons. The molecule has 0 unspecified atom stereocenters. The summed E-state index contributed by atoms with van der Waals surface area (Å²) >= 11 is 0. The standard InChI is InChI=1S/C16H18N2O2/c1-11-9-12-14(18-11)6-5-13(15(12)20-2)16(17-10-19)7-3-4-8-16/h5-6,9,18H,3-4,7-8H2,1-2H3. The number of fused-ring (bicyclic) bond motifs is 1. The van der Waals surface area contributed by atoms with E-state index in [1.807, 2.05) is 19.1 Å². The number of methoxy groups -OCH3 is 1. The van der Waals surface area contributed by atoms with Crippen molar-refractivity contribution < 1.29 is 9.53 Å². The van der Waals surface area contributed by atoms with Gasteiger partial charge in [-0.1, -0.05) is 18.9 Å². The van der Waals surface area contributed by atoms with Gasteiger partial charge >= 0.3 is 0 Å². The Hall–Kier alpha value is -2.06. The Balaban J connectivity index is 2.26. The summed E-state index contributed by atoms with van der Waals surface area (Å²) in [5.41, 5.74) is 2.69. The number of hydrogen-bond donors (Lipinski definition) is 1. The second-order valence-corrected chi connectivity index (χ2v) is 5.50. The van der Waals surface area contributed by atoms with E-state index in [1.54, 1.807) is 13.2 Å². The topological polar surface area (TPSA) is 54.4 Å². The highest BCUT2D eigenvalue weighted by Crippen LogP contribution is 2.47. The number of nitrogens with one attached hydrogen (secondary N) is 1. The minimum absolute atomic E-state index is 0.452. The quantitative estimate of drug-likeness (QED) is 0.684. The van der Waals surface area contributed by atoms with E-state index in [2.05, 4.69) is 16.0 Å². The number of carbonyl (C=O) groups excluding carboxylic acids is 1. The molecule has 1 aromatic heterocycles. The van der Waals surface area contributed by atoms with Crippen molar-refractivity contribution in [2.45, 2.75) is 38.1 Å². The molecule has 20 heavy (non-hydrogen) atoms. The number of rotatable bonds is 3. The summed E-state index contributed by atoms with van der Waals surface area (Å²) in [6, 6.07) is 6.15. The lowest BCUT2D eigenvalue weighted by molar-refractivity contribution is 0.384. The molecule has 0 saturated heterocycles. The predicted octanol–water partition coefficient (Wildman–Crippen LogP) is 3.59. The number of hydrogen-bond acceptors (Lipinski definition) is 3. The van der Waals surface area contributed by atoms with Crippen LogP contribution in [-0.4, -0.2) is 18.2 Å². The maximum atomic E-state index is 10.9. The smallest absolute Gasteiger partial charge is 0.235 e. The Bertz CT molecular complexity index is 690. The first-order valence-corrected chi connectivity index (χ1v) is 6.96. The van der Waals surface area contributed by atoms with Crippen molar-refractivity contribution in [2.24, 2.45) is 4.99 Å². The summed E-state index contributed by atoms with van der Waals surface area (Å²) in [4.78, 5) is 18.3. The molecule has 1 N–H and O–H groups in total. The molecule has 1 aliphatic rings. The van der Waals surface area contributed by atoms with Crippen LogP contribution in [0.1, 0.15) is 36.9 Å². The van der Waals surface area contributed by atoms with Crippen LogP contribution in [-0.2, 0) is 10.3 Å². The van der Waals surface area contributed by atoms with Crippen molar-refractivity contribution in [2.75, 3.05) is 7.11 Å². The number of nitrogens with zero attached hydrogens (tertiary/aromatic N) is 1. The Labute approximate surface area is 117 Å². The van der Waals surface area contributed by atoms with Gasteiger partial charge in [0.2, 0.25) is 6.08 Å².